The minimum Gasteiger partial charge on any atom is -0.372 e. The smallest absolute Gasteiger partial charge is 0.204 e. The van der Waals surface area contributed by atoms with Gasteiger partial charge in [-0.05, 0) is 0 Å². The van der Waals surface area contributed by atoms with Crippen molar-refractivity contribution in [2.45, 2.75) is 0 Å². The molecular weight excluding hydrogens is 106 g/mol. The van der Waals surface area contributed by atoms with Crippen molar-refractivity contribution >= 4 is 33.4 Å². The van der Waals surface area contributed by atoms with Gasteiger partial charge in [0.1, 0.15) is 0 Å². The quantitative estimate of drug-likeness (QED) is 0.416. The normalized spacial score (nSPS) is 2.40. The summed E-state index contributed by atoms with van der Waals surface area (Å²) in [6.45, 7) is 0. The van der Waals surface area contributed by atoms with E-state index in [1.807, 2.05) is 0 Å². The highest BCUT2D eigenvalue weighted by Crippen LogP contribution is 0.799. The van der Waals surface area contributed by atoms with Gasteiger partial charge in [0.15, 0.2) is 0 Å². The molecule has 0 atom stereocenters. The van der Waals surface area contributed by atoms with Crippen LogP contribution in [0.3, 0.4) is 0 Å². The molecule has 34 valence electrons. The summed E-state index contributed by atoms with van der Waals surface area (Å²) in [5, 5.41) is 0. The molecule has 5 heavy (non-hydrogen) atoms. The molecule has 1 amide bonds. The SMILES string of the molecule is NC=O.S.S. The highest BCUT2D eigenvalue weighted by atomic mass is 32.1. The number of amides is 1. The van der Waals surface area contributed by atoms with Gasteiger partial charge in [0, 0.05) is 0 Å². The van der Waals surface area contributed by atoms with E-state index in [0.29, 0.717) is 0 Å². The molecule has 0 saturated carbocycles. The maximum Gasteiger partial charge on any atom is 0.204 e. The number of nitrogens with two attached hydrogens (primary N) is 1. The van der Waals surface area contributed by atoms with E-state index in [2.05, 4.69) is 5.73 Å². The second-order valence-corrected chi connectivity index (χ2v) is 0.136. The van der Waals surface area contributed by atoms with E-state index < -0.39 is 0 Å². The molecule has 0 radical (unpaired) electrons. The van der Waals surface area contributed by atoms with Crippen molar-refractivity contribution in [1.29, 1.82) is 0 Å². The van der Waals surface area contributed by atoms with Gasteiger partial charge in [-0.1, -0.05) is 0 Å². The van der Waals surface area contributed by atoms with E-state index >= 15 is 0 Å². The topological polar surface area (TPSA) is 43.1 Å². The van der Waals surface area contributed by atoms with Crippen molar-refractivity contribution in [3.8, 4) is 0 Å². The van der Waals surface area contributed by atoms with Crippen molar-refractivity contribution in [3.63, 3.8) is 0 Å². The summed E-state index contributed by atoms with van der Waals surface area (Å²) < 4.78 is 0. The molecule has 0 aromatic heterocycles. The lowest BCUT2D eigenvalue weighted by Crippen LogP contribution is -1.82. The van der Waals surface area contributed by atoms with E-state index in [1.165, 1.54) is 0 Å². The molecule has 4 heteroatoms. The number of carbonyl (C=O) groups is 1. The molecule has 0 bridgehead atoms. The van der Waals surface area contributed by atoms with Crippen molar-refractivity contribution < 1.29 is 4.79 Å². The Labute approximate surface area is 44.6 Å². The molecule has 0 heterocycles. The Bertz CT molecular complexity index is 17.1. The third kappa shape index (κ3) is 679. The summed E-state index contributed by atoms with van der Waals surface area (Å²) >= 11 is 0. The summed E-state index contributed by atoms with van der Waals surface area (Å²) in [5.74, 6) is 0. The lowest BCUT2D eigenvalue weighted by Gasteiger charge is -1.32. The van der Waals surface area contributed by atoms with Crippen LogP contribution in [0.25, 0.3) is 0 Å². The zero-order valence-corrected chi connectivity index (χ0v) is 4.56. The third-order valence-electron chi connectivity index (χ3n) is 0. The Hall–Kier alpha value is 0.170. The number of rotatable bonds is 0. The van der Waals surface area contributed by atoms with Crippen LogP contribution in [-0.4, -0.2) is 6.41 Å². The molecule has 2 N–H and O–H groups in total. The van der Waals surface area contributed by atoms with E-state index in [1.54, 1.807) is 0 Å². The van der Waals surface area contributed by atoms with Crippen molar-refractivity contribution in [2.24, 2.45) is 5.73 Å². The van der Waals surface area contributed by atoms with Crippen molar-refractivity contribution in [2.75, 3.05) is 0 Å². The average Bonchev–Trinajstić information content (AvgIpc) is 0.918. The standard InChI is InChI=1S/CH3NO.2H2S/c2-1-3;;/h1H,(H2,2,3);2*1H2. The van der Waals surface area contributed by atoms with Crippen LogP contribution in [0.1, 0.15) is 0 Å². The van der Waals surface area contributed by atoms with Gasteiger partial charge in [0.2, 0.25) is 6.41 Å². The minimum atomic E-state index is 0. The molecule has 0 aliphatic heterocycles. The lowest BCUT2D eigenvalue weighted by molar-refractivity contribution is -0.106. The Morgan fingerprint density at radius 2 is 1.40 bits per heavy atom. The van der Waals surface area contributed by atoms with E-state index in [-0.39, 0.29) is 33.4 Å². The van der Waals surface area contributed by atoms with Crippen LogP contribution in [0, 0.1) is 0 Å². The van der Waals surface area contributed by atoms with E-state index in [4.69, 9.17) is 4.79 Å². The van der Waals surface area contributed by atoms with Crippen LogP contribution in [-0.2, 0) is 4.79 Å². The van der Waals surface area contributed by atoms with Gasteiger partial charge in [-0.25, -0.2) is 0 Å². The van der Waals surface area contributed by atoms with Crippen molar-refractivity contribution in [3.05, 3.63) is 0 Å². The van der Waals surface area contributed by atoms with Gasteiger partial charge in [0.25, 0.3) is 0 Å². The Morgan fingerprint density at radius 1 is 1.40 bits per heavy atom. The second-order valence-electron chi connectivity index (χ2n) is 0.136. The Kier molecular flexibility index (Phi) is 117. The van der Waals surface area contributed by atoms with Crippen LogP contribution >= 0.6 is 27.0 Å². The highest BCUT2D eigenvalue weighted by Gasteiger charge is 1.19. The molecular formula is CH7NOS2. The first-order valence-corrected chi connectivity index (χ1v) is 0.569. The van der Waals surface area contributed by atoms with Gasteiger partial charge in [0.05, 0.1) is 0 Å². The molecule has 0 aromatic rings. The van der Waals surface area contributed by atoms with Gasteiger partial charge in [-0.15, -0.1) is 0 Å². The van der Waals surface area contributed by atoms with Gasteiger partial charge >= 0.3 is 0 Å². The maximum atomic E-state index is 8.58. The van der Waals surface area contributed by atoms with Crippen LogP contribution in [0.15, 0.2) is 0 Å². The first kappa shape index (κ1) is 19.1. The highest BCUT2D eigenvalue weighted by molar-refractivity contribution is 7.59. The summed E-state index contributed by atoms with van der Waals surface area (Å²) in [5.41, 5.74) is 4.17. The largest absolute Gasteiger partial charge is 0.372 e. The Balaban J connectivity index is -0.0000000200. The van der Waals surface area contributed by atoms with E-state index in [9.17, 15) is 0 Å². The molecule has 0 aromatic carbocycles. The zero-order valence-electron chi connectivity index (χ0n) is 2.56. The molecule has 0 spiro atoms. The fourth-order valence-corrected chi connectivity index (χ4v) is 0. The molecule has 0 saturated heterocycles. The number of hydrogen-bond acceptors (Lipinski definition) is 1. The molecule has 2 nitrogen and oxygen atoms in total. The Morgan fingerprint density at radius 3 is 1.40 bits per heavy atom. The predicted molar refractivity (Wildman–Crippen MR) is 31.0 cm³/mol. The minimum absolute atomic E-state index is 0. The lowest BCUT2D eigenvalue weighted by atomic mass is 11.5. The molecule has 0 aliphatic rings. The molecule has 0 aliphatic carbocycles. The van der Waals surface area contributed by atoms with Gasteiger partial charge < -0.3 is 5.73 Å². The van der Waals surface area contributed by atoms with Crippen LogP contribution < -0.4 is 5.73 Å². The summed E-state index contributed by atoms with van der Waals surface area (Å²) in [6.07, 6.45) is 0.250. The molecule has 0 unspecified atom stereocenters. The first-order chi connectivity index (χ1) is 1.41. The molecule has 0 rings (SSSR count). The van der Waals surface area contributed by atoms with Crippen molar-refractivity contribution in [1.82, 2.24) is 0 Å². The second kappa shape index (κ2) is 30.6. The fourth-order valence-electron chi connectivity index (χ4n) is 0. The average molecular weight is 113 g/mol. The first-order valence-electron chi connectivity index (χ1n) is 0.569. The maximum absolute atomic E-state index is 8.58. The van der Waals surface area contributed by atoms with Crippen LogP contribution in [0.5, 0.6) is 0 Å². The number of primary amides is 1. The van der Waals surface area contributed by atoms with E-state index in [0.717, 1.165) is 0 Å². The summed E-state index contributed by atoms with van der Waals surface area (Å²) in [4.78, 5) is 8.58. The monoisotopic (exact) mass is 113 g/mol. The zero-order chi connectivity index (χ0) is 2.71. The summed E-state index contributed by atoms with van der Waals surface area (Å²) in [6, 6.07) is 0. The summed E-state index contributed by atoms with van der Waals surface area (Å²) in [7, 11) is 0. The van der Waals surface area contributed by atoms with Gasteiger partial charge in [-0.3, -0.25) is 4.79 Å². The fraction of sp³-hybridized carbons (Fsp3) is 0. The van der Waals surface area contributed by atoms with Gasteiger partial charge in [-0.2, -0.15) is 27.0 Å². The van der Waals surface area contributed by atoms with Crippen LogP contribution in [0.2, 0.25) is 0 Å². The third-order valence-corrected chi connectivity index (χ3v) is 0. The molecule has 0 fully saturated rings. The number of hydrogen-bond donors (Lipinski definition) is 1. The van der Waals surface area contributed by atoms with Crippen LogP contribution in [0.4, 0.5) is 0 Å². The number of carbonyl (C=O) groups excluding carboxylic acids is 1. The predicted octanol–water partition coefficient (Wildman–Crippen LogP) is -0.673.